The molecule has 0 heterocycles. The number of anilines is 1. The summed E-state index contributed by atoms with van der Waals surface area (Å²) in [5.41, 5.74) is 4.08. The normalized spacial score (nSPS) is 11.6. The second-order valence-electron chi connectivity index (χ2n) is 7.27. The lowest BCUT2D eigenvalue weighted by atomic mass is 10.2. The number of nitrogens with zero attached hydrogens (tertiary/aromatic N) is 1. The quantitative estimate of drug-likeness (QED) is 0.248. The van der Waals surface area contributed by atoms with Crippen molar-refractivity contribution in [1.29, 1.82) is 0 Å². The van der Waals surface area contributed by atoms with Gasteiger partial charge in [-0.2, -0.15) is 5.10 Å². The lowest BCUT2D eigenvalue weighted by Crippen LogP contribution is -2.41. The van der Waals surface area contributed by atoms with Crippen molar-refractivity contribution in [1.82, 2.24) is 10.7 Å². The number of hydrogen-bond donors (Lipinski definition) is 3. The maximum absolute atomic E-state index is 12.3. The van der Waals surface area contributed by atoms with Crippen molar-refractivity contribution >= 4 is 57.2 Å². The van der Waals surface area contributed by atoms with Gasteiger partial charge in [-0.05, 0) is 71.6 Å². The summed E-state index contributed by atoms with van der Waals surface area (Å²) in [6, 6.07) is 8.37. The Morgan fingerprint density at radius 1 is 1.24 bits per heavy atom. The molecule has 0 aliphatic carbocycles. The Morgan fingerprint density at radius 2 is 1.97 bits per heavy atom. The van der Waals surface area contributed by atoms with E-state index in [1.807, 2.05) is 6.92 Å². The summed E-state index contributed by atoms with van der Waals surface area (Å²) in [5.74, 6) is -1.36. The van der Waals surface area contributed by atoms with Gasteiger partial charge >= 0.3 is 11.8 Å². The highest BCUT2D eigenvalue weighted by molar-refractivity contribution is 9.10. The molecule has 3 N–H and O–H groups in total. The van der Waals surface area contributed by atoms with Gasteiger partial charge in [0, 0.05) is 16.8 Å². The number of carbonyl (C=O) groups excluding carboxylic acids is 3. The number of benzene rings is 2. The van der Waals surface area contributed by atoms with Crippen molar-refractivity contribution in [3.8, 4) is 11.5 Å². The van der Waals surface area contributed by atoms with Gasteiger partial charge in [-0.3, -0.25) is 14.4 Å². The van der Waals surface area contributed by atoms with Crippen molar-refractivity contribution in [3.05, 3.63) is 51.0 Å². The smallest absolute Gasteiger partial charge is 0.329 e. The number of methoxy groups -OCH3 is 1. The zero-order chi connectivity index (χ0) is 25.3. The first-order valence-electron chi connectivity index (χ1n) is 10.3. The molecular weight excluding hydrogens is 528 g/mol. The second kappa shape index (κ2) is 13.0. The van der Waals surface area contributed by atoms with E-state index in [2.05, 4.69) is 37.1 Å². The molecule has 0 radical (unpaired) electrons. The molecule has 0 bridgehead atoms. The highest BCUT2D eigenvalue weighted by atomic mass is 79.9. The lowest BCUT2D eigenvalue weighted by molar-refractivity contribution is -0.139. The molecule has 11 heteroatoms. The standard InChI is InChI=1S/C23H26BrClN4O5/c1-5-13(2)27-22(31)23(32)29-26-11-15-9-16(24)21(19(10-15)33-4)34-12-20(30)28-18-8-6-7-17(25)14(18)3/h6-11,13H,5,12H2,1-4H3,(H,27,31)(H,28,30)(H,29,32)/b26-11-/t13-/m0/s1. The SMILES string of the molecule is CC[C@H](C)NC(=O)C(=O)N/N=C\c1cc(Br)c(OCC(=O)Nc2cccc(Cl)c2C)c(OC)c1. The Kier molecular flexibility index (Phi) is 10.3. The van der Waals surface area contributed by atoms with Gasteiger partial charge in [-0.15, -0.1) is 0 Å². The van der Waals surface area contributed by atoms with Crippen LogP contribution >= 0.6 is 27.5 Å². The summed E-state index contributed by atoms with van der Waals surface area (Å²) in [7, 11) is 1.45. The summed E-state index contributed by atoms with van der Waals surface area (Å²) in [5, 5.41) is 9.65. The monoisotopic (exact) mass is 552 g/mol. The van der Waals surface area contributed by atoms with Gasteiger partial charge in [0.05, 0.1) is 17.8 Å². The molecule has 2 aromatic rings. The molecule has 0 aliphatic rings. The maximum atomic E-state index is 12.3. The molecule has 0 aliphatic heterocycles. The Labute approximate surface area is 211 Å². The molecule has 2 rings (SSSR count). The first-order chi connectivity index (χ1) is 16.2. The Hall–Kier alpha value is -3.11. The van der Waals surface area contributed by atoms with E-state index < -0.39 is 11.8 Å². The number of carbonyl (C=O) groups is 3. The van der Waals surface area contributed by atoms with Crippen LogP contribution in [0.25, 0.3) is 0 Å². The minimum absolute atomic E-state index is 0.119. The van der Waals surface area contributed by atoms with Crippen LogP contribution < -0.4 is 25.5 Å². The third-order valence-electron chi connectivity index (χ3n) is 4.72. The third kappa shape index (κ3) is 7.74. The minimum Gasteiger partial charge on any atom is -0.493 e. The molecule has 0 unspecified atom stereocenters. The highest BCUT2D eigenvalue weighted by Crippen LogP contribution is 2.36. The van der Waals surface area contributed by atoms with E-state index in [1.54, 1.807) is 44.2 Å². The third-order valence-corrected chi connectivity index (χ3v) is 5.72. The van der Waals surface area contributed by atoms with Gasteiger partial charge in [0.25, 0.3) is 5.91 Å². The van der Waals surface area contributed by atoms with E-state index in [9.17, 15) is 14.4 Å². The van der Waals surface area contributed by atoms with Crippen LogP contribution in [0, 0.1) is 6.92 Å². The number of halogens is 2. The summed E-state index contributed by atoms with van der Waals surface area (Å²) >= 11 is 9.47. The van der Waals surface area contributed by atoms with Gasteiger partial charge in [-0.25, -0.2) is 5.43 Å². The average molecular weight is 554 g/mol. The van der Waals surface area contributed by atoms with E-state index in [0.29, 0.717) is 38.7 Å². The van der Waals surface area contributed by atoms with Crippen LogP contribution in [-0.2, 0) is 14.4 Å². The van der Waals surface area contributed by atoms with E-state index in [-0.39, 0.29) is 18.6 Å². The molecule has 0 fully saturated rings. The number of ether oxygens (including phenoxy) is 2. The molecule has 34 heavy (non-hydrogen) atoms. The van der Waals surface area contributed by atoms with E-state index in [4.69, 9.17) is 21.1 Å². The molecule has 3 amide bonds. The zero-order valence-corrected chi connectivity index (χ0v) is 21.5. The first-order valence-corrected chi connectivity index (χ1v) is 11.5. The van der Waals surface area contributed by atoms with Gasteiger partial charge in [0.15, 0.2) is 18.1 Å². The van der Waals surface area contributed by atoms with Gasteiger partial charge in [0.1, 0.15) is 0 Å². The van der Waals surface area contributed by atoms with Crippen LogP contribution in [-0.4, -0.2) is 43.7 Å². The molecule has 0 spiro atoms. The van der Waals surface area contributed by atoms with E-state index in [1.165, 1.54) is 13.3 Å². The van der Waals surface area contributed by atoms with Crippen LogP contribution in [0.15, 0.2) is 39.9 Å². The van der Waals surface area contributed by atoms with Crippen LogP contribution in [0.2, 0.25) is 5.02 Å². The minimum atomic E-state index is -0.872. The van der Waals surface area contributed by atoms with Crippen LogP contribution in [0.4, 0.5) is 5.69 Å². The molecular formula is C23H26BrClN4O5. The molecule has 9 nitrogen and oxygen atoms in total. The molecule has 1 atom stereocenters. The summed E-state index contributed by atoms with van der Waals surface area (Å²) in [4.78, 5) is 35.9. The largest absolute Gasteiger partial charge is 0.493 e. The second-order valence-corrected chi connectivity index (χ2v) is 8.53. The zero-order valence-electron chi connectivity index (χ0n) is 19.2. The van der Waals surface area contributed by atoms with Gasteiger partial charge < -0.3 is 20.1 Å². The Morgan fingerprint density at radius 3 is 2.65 bits per heavy atom. The predicted octanol–water partition coefficient (Wildman–Crippen LogP) is 3.80. The van der Waals surface area contributed by atoms with Crippen LogP contribution in [0.5, 0.6) is 11.5 Å². The molecule has 2 aromatic carbocycles. The molecule has 0 aromatic heterocycles. The fourth-order valence-corrected chi connectivity index (χ4v) is 3.38. The topological polar surface area (TPSA) is 118 Å². The highest BCUT2D eigenvalue weighted by Gasteiger charge is 2.16. The molecule has 0 saturated heterocycles. The Balaban J connectivity index is 2.01. The summed E-state index contributed by atoms with van der Waals surface area (Å²) < 4.78 is 11.5. The Bertz CT molecular complexity index is 1090. The lowest BCUT2D eigenvalue weighted by Gasteiger charge is -2.14. The maximum Gasteiger partial charge on any atom is 0.329 e. The fourth-order valence-electron chi connectivity index (χ4n) is 2.63. The summed E-state index contributed by atoms with van der Waals surface area (Å²) in [6.45, 7) is 5.23. The van der Waals surface area contributed by atoms with Crippen LogP contribution in [0.3, 0.4) is 0 Å². The summed E-state index contributed by atoms with van der Waals surface area (Å²) in [6.07, 6.45) is 2.05. The van der Waals surface area contributed by atoms with E-state index in [0.717, 1.165) is 5.56 Å². The van der Waals surface area contributed by atoms with Crippen molar-refractivity contribution in [2.75, 3.05) is 19.0 Å². The van der Waals surface area contributed by atoms with Crippen molar-refractivity contribution in [2.45, 2.75) is 33.2 Å². The van der Waals surface area contributed by atoms with Gasteiger partial charge in [0.2, 0.25) is 0 Å². The molecule has 0 saturated carbocycles. The van der Waals surface area contributed by atoms with Crippen molar-refractivity contribution in [2.24, 2.45) is 5.10 Å². The van der Waals surface area contributed by atoms with Crippen molar-refractivity contribution < 1.29 is 23.9 Å². The number of nitrogens with one attached hydrogen (secondary N) is 3. The number of hydrazone groups is 1. The van der Waals surface area contributed by atoms with Crippen LogP contribution in [0.1, 0.15) is 31.4 Å². The van der Waals surface area contributed by atoms with E-state index >= 15 is 0 Å². The predicted molar refractivity (Wildman–Crippen MR) is 135 cm³/mol. The first kappa shape index (κ1) is 27.1. The fraction of sp³-hybridized carbons (Fsp3) is 0.304. The van der Waals surface area contributed by atoms with Gasteiger partial charge in [-0.1, -0.05) is 24.6 Å². The number of rotatable bonds is 9. The van der Waals surface area contributed by atoms with Crippen molar-refractivity contribution in [3.63, 3.8) is 0 Å². The number of amides is 3. The number of hydrogen-bond acceptors (Lipinski definition) is 6. The molecule has 182 valence electrons. The average Bonchev–Trinajstić information content (AvgIpc) is 2.80.